The molecule has 1 saturated carbocycles. The van der Waals surface area contributed by atoms with Gasteiger partial charge in [-0.25, -0.2) is 0 Å². The zero-order chi connectivity index (χ0) is 23.8. The van der Waals surface area contributed by atoms with Gasteiger partial charge in [0.15, 0.2) is 0 Å². The van der Waals surface area contributed by atoms with Crippen molar-refractivity contribution in [3.63, 3.8) is 0 Å². The van der Waals surface area contributed by atoms with Gasteiger partial charge in [0, 0.05) is 12.2 Å². The molecule has 1 fully saturated rings. The minimum atomic E-state index is 0.644. The summed E-state index contributed by atoms with van der Waals surface area (Å²) in [7, 11) is 0. The number of aryl methyl sites for hydroxylation is 5. The Bertz CT molecular complexity index is 1350. The summed E-state index contributed by atoms with van der Waals surface area (Å²) >= 11 is 0. The third-order valence-corrected chi connectivity index (χ3v) is 8.13. The van der Waals surface area contributed by atoms with Crippen LogP contribution >= 0.6 is 0 Å². The van der Waals surface area contributed by atoms with Gasteiger partial charge in [0.05, 0.1) is 0 Å². The maximum absolute atomic E-state index is 3.82. The van der Waals surface area contributed by atoms with Crippen LogP contribution in [0.1, 0.15) is 58.6 Å². The summed E-state index contributed by atoms with van der Waals surface area (Å²) in [4.78, 5) is 0. The molecular formula is C33H37N. The average molecular weight is 448 g/mol. The van der Waals surface area contributed by atoms with Gasteiger partial charge in [-0.3, -0.25) is 0 Å². The van der Waals surface area contributed by atoms with Gasteiger partial charge in [-0.1, -0.05) is 61.0 Å². The van der Waals surface area contributed by atoms with Crippen molar-refractivity contribution < 1.29 is 0 Å². The first-order valence-electron chi connectivity index (χ1n) is 12.8. The summed E-state index contributed by atoms with van der Waals surface area (Å²) in [6.45, 7) is 12.2. The Morgan fingerprint density at radius 3 is 2.12 bits per heavy atom. The molecule has 0 bridgehead atoms. The Balaban J connectivity index is 1.35. The molecule has 4 aromatic carbocycles. The van der Waals surface area contributed by atoms with Gasteiger partial charge in [0.25, 0.3) is 0 Å². The fourth-order valence-electron chi connectivity index (χ4n) is 5.97. The van der Waals surface area contributed by atoms with Crippen molar-refractivity contribution in [2.45, 2.75) is 59.8 Å². The second kappa shape index (κ2) is 9.29. The molecule has 0 radical (unpaired) electrons. The van der Waals surface area contributed by atoms with Crippen LogP contribution in [-0.4, -0.2) is 6.54 Å². The van der Waals surface area contributed by atoms with Gasteiger partial charge in [-0.05, 0) is 127 Å². The van der Waals surface area contributed by atoms with Crippen molar-refractivity contribution in [1.29, 1.82) is 0 Å². The Hall–Kier alpha value is -3.06. The molecule has 5 rings (SSSR count). The first-order valence-corrected chi connectivity index (χ1v) is 12.8. The molecule has 2 unspecified atom stereocenters. The maximum Gasteiger partial charge on any atom is 0.0370 e. The summed E-state index contributed by atoms with van der Waals surface area (Å²) in [6.07, 6.45) is 3.93. The summed E-state index contributed by atoms with van der Waals surface area (Å²) in [5.74, 6) is 1.32. The van der Waals surface area contributed by atoms with E-state index in [-0.39, 0.29) is 0 Å². The molecule has 4 aromatic rings. The standard InChI is InChI=1S/C33H37N/c1-21-9-6-7-11-30(21)26-13-14-33(25(5)18-26)34-20-27-10-8-12-31(27)32-19-29-16-23(3)22(2)15-28(29)17-24(32)4/h6-7,9,11,13-19,27,31,34H,8,10,12,20H2,1-5H3. The van der Waals surface area contributed by atoms with Crippen LogP contribution in [0.3, 0.4) is 0 Å². The predicted octanol–water partition coefficient (Wildman–Crippen LogP) is 9.04. The molecule has 34 heavy (non-hydrogen) atoms. The molecule has 1 nitrogen and oxygen atoms in total. The van der Waals surface area contributed by atoms with Gasteiger partial charge in [-0.15, -0.1) is 0 Å². The van der Waals surface area contributed by atoms with Crippen LogP contribution in [0.2, 0.25) is 0 Å². The Morgan fingerprint density at radius 1 is 0.676 bits per heavy atom. The summed E-state index contributed by atoms with van der Waals surface area (Å²) in [5, 5.41) is 6.59. The molecule has 0 heterocycles. The lowest BCUT2D eigenvalue weighted by atomic mass is 9.84. The zero-order valence-corrected chi connectivity index (χ0v) is 21.3. The van der Waals surface area contributed by atoms with Crippen LogP contribution in [-0.2, 0) is 0 Å². The van der Waals surface area contributed by atoms with Crippen molar-refractivity contribution in [2.24, 2.45) is 5.92 Å². The summed E-state index contributed by atoms with van der Waals surface area (Å²) in [6, 6.07) is 25.1. The second-order valence-corrected chi connectivity index (χ2v) is 10.5. The van der Waals surface area contributed by atoms with E-state index in [0.717, 1.165) is 6.54 Å². The highest BCUT2D eigenvalue weighted by molar-refractivity contribution is 5.86. The van der Waals surface area contributed by atoms with E-state index in [1.54, 1.807) is 5.56 Å². The third kappa shape index (κ3) is 4.37. The molecule has 0 aliphatic heterocycles. The van der Waals surface area contributed by atoms with E-state index in [0.29, 0.717) is 11.8 Å². The fraction of sp³-hybridized carbons (Fsp3) is 0.333. The molecule has 0 amide bonds. The number of benzene rings is 4. The second-order valence-electron chi connectivity index (χ2n) is 10.5. The Kier molecular flexibility index (Phi) is 6.21. The highest BCUT2D eigenvalue weighted by atomic mass is 14.9. The highest BCUT2D eigenvalue weighted by Crippen LogP contribution is 2.42. The van der Waals surface area contributed by atoms with E-state index in [1.165, 1.54) is 74.7 Å². The van der Waals surface area contributed by atoms with Crippen LogP contribution in [0.15, 0.2) is 66.7 Å². The lowest BCUT2D eigenvalue weighted by molar-refractivity contribution is 0.508. The SMILES string of the molecule is Cc1cc2cc(C)c(C3CCCC3CNc3ccc(-c4ccccc4C)cc3C)cc2cc1C. The molecule has 0 aromatic heterocycles. The van der Waals surface area contributed by atoms with Gasteiger partial charge in [0.2, 0.25) is 0 Å². The molecule has 1 aliphatic carbocycles. The molecule has 2 atom stereocenters. The third-order valence-electron chi connectivity index (χ3n) is 8.13. The van der Waals surface area contributed by atoms with Gasteiger partial charge >= 0.3 is 0 Å². The van der Waals surface area contributed by atoms with E-state index < -0.39 is 0 Å². The van der Waals surface area contributed by atoms with Crippen LogP contribution in [0.4, 0.5) is 5.69 Å². The molecule has 1 heteroatoms. The van der Waals surface area contributed by atoms with Gasteiger partial charge < -0.3 is 5.32 Å². The van der Waals surface area contributed by atoms with E-state index in [1.807, 2.05) is 0 Å². The average Bonchev–Trinajstić information content (AvgIpc) is 3.28. The van der Waals surface area contributed by atoms with Crippen molar-refractivity contribution in [1.82, 2.24) is 0 Å². The predicted molar refractivity (Wildman–Crippen MR) is 148 cm³/mol. The van der Waals surface area contributed by atoms with E-state index in [2.05, 4.69) is 107 Å². The quantitative estimate of drug-likeness (QED) is 0.322. The van der Waals surface area contributed by atoms with Crippen molar-refractivity contribution >= 4 is 16.5 Å². The van der Waals surface area contributed by atoms with Gasteiger partial charge in [0.1, 0.15) is 0 Å². The van der Waals surface area contributed by atoms with E-state index >= 15 is 0 Å². The maximum atomic E-state index is 3.82. The van der Waals surface area contributed by atoms with E-state index in [9.17, 15) is 0 Å². The van der Waals surface area contributed by atoms with Crippen LogP contribution < -0.4 is 5.32 Å². The summed E-state index contributed by atoms with van der Waals surface area (Å²) < 4.78 is 0. The Morgan fingerprint density at radius 2 is 1.38 bits per heavy atom. The lowest BCUT2D eigenvalue weighted by Gasteiger charge is -2.24. The smallest absolute Gasteiger partial charge is 0.0370 e. The van der Waals surface area contributed by atoms with Gasteiger partial charge in [-0.2, -0.15) is 0 Å². The molecule has 1 aliphatic rings. The molecule has 0 saturated heterocycles. The number of hydrogen-bond donors (Lipinski definition) is 1. The monoisotopic (exact) mass is 447 g/mol. The number of fused-ring (bicyclic) bond motifs is 1. The topological polar surface area (TPSA) is 12.0 Å². The zero-order valence-electron chi connectivity index (χ0n) is 21.3. The van der Waals surface area contributed by atoms with E-state index in [4.69, 9.17) is 0 Å². The molecular weight excluding hydrogens is 410 g/mol. The largest absolute Gasteiger partial charge is 0.385 e. The van der Waals surface area contributed by atoms with Crippen LogP contribution in [0, 0.1) is 40.5 Å². The minimum Gasteiger partial charge on any atom is -0.385 e. The minimum absolute atomic E-state index is 0.644. The number of anilines is 1. The van der Waals surface area contributed by atoms with Crippen molar-refractivity contribution in [3.05, 3.63) is 100 Å². The lowest BCUT2D eigenvalue weighted by Crippen LogP contribution is -2.18. The number of hydrogen-bond acceptors (Lipinski definition) is 1. The fourth-order valence-corrected chi connectivity index (χ4v) is 5.97. The first kappa shape index (κ1) is 22.7. The molecule has 0 spiro atoms. The summed E-state index contributed by atoms with van der Waals surface area (Å²) in [5.41, 5.74) is 12.3. The normalized spacial score (nSPS) is 17.9. The number of rotatable bonds is 5. The van der Waals surface area contributed by atoms with Crippen LogP contribution in [0.25, 0.3) is 21.9 Å². The first-order chi connectivity index (χ1) is 16.4. The molecule has 174 valence electrons. The number of nitrogens with one attached hydrogen (secondary N) is 1. The van der Waals surface area contributed by atoms with Crippen molar-refractivity contribution in [2.75, 3.05) is 11.9 Å². The van der Waals surface area contributed by atoms with Crippen LogP contribution in [0.5, 0.6) is 0 Å². The van der Waals surface area contributed by atoms with Crippen molar-refractivity contribution in [3.8, 4) is 11.1 Å². The molecule has 1 N–H and O–H groups in total. The Labute approximate surface area is 205 Å². The highest BCUT2D eigenvalue weighted by Gasteiger charge is 2.29.